The quantitative estimate of drug-likeness (QED) is 0.266. The molecule has 1 N–H and O–H groups in total. The Kier molecular flexibility index (Phi) is 11.1. The number of hydrogen-bond acceptors (Lipinski definition) is 4. The van der Waals surface area contributed by atoms with Gasteiger partial charge in [0, 0.05) is 43.5 Å². The maximum absolute atomic E-state index is 13.9. The van der Waals surface area contributed by atoms with Crippen molar-refractivity contribution in [1.82, 2.24) is 14.5 Å². The average Bonchev–Trinajstić information content (AvgIpc) is 3.49. The van der Waals surface area contributed by atoms with Gasteiger partial charge in [-0.2, -0.15) is 0 Å². The number of nitrogens with zero attached hydrogens (tertiary/aromatic N) is 2. The summed E-state index contributed by atoms with van der Waals surface area (Å²) < 4.78 is 28.1. The summed E-state index contributed by atoms with van der Waals surface area (Å²) in [5.74, 6) is -0.323. The zero-order chi connectivity index (χ0) is 29.2. The first-order chi connectivity index (χ1) is 19.7. The molecular formula is C32H38BrN3O4S. The molecule has 41 heavy (non-hydrogen) atoms. The number of nitrogens with one attached hydrogen (secondary N) is 1. The highest BCUT2D eigenvalue weighted by atomic mass is 79.9. The van der Waals surface area contributed by atoms with Crippen molar-refractivity contribution >= 4 is 37.8 Å². The Morgan fingerprint density at radius 1 is 0.902 bits per heavy atom. The first-order valence-electron chi connectivity index (χ1n) is 14.1. The number of sulfonamides is 1. The molecule has 0 aliphatic heterocycles. The van der Waals surface area contributed by atoms with Crippen LogP contribution in [0.15, 0.2) is 94.3 Å². The lowest BCUT2D eigenvalue weighted by Crippen LogP contribution is -2.52. The normalized spacial score (nSPS) is 14.6. The van der Waals surface area contributed by atoms with Crippen molar-refractivity contribution in [2.24, 2.45) is 0 Å². The number of hydrogen-bond donors (Lipinski definition) is 1. The van der Waals surface area contributed by atoms with Crippen LogP contribution >= 0.6 is 15.9 Å². The average molecular weight is 641 g/mol. The molecule has 1 saturated carbocycles. The highest BCUT2D eigenvalue weighted by Crippen LogP contribution is 2.22. The van der Waals surface area contributed by atoms with E-state index in [0.717, 1.165) is 41.3 Å². The van der Waals surface area contributed by atoms with Crippen LogP contribution in [0.1, 0.15) is 49.7 Å². The van der Waals surface area contributed by atoms with Crippen LogP contribution in [0, 0.1) is 0 Å². The Labute approximate surface area is 252 Å². The van der Waals surface area contributed by atoms with Gasteiger partial charge in [-0.15, -0.1) is 0 Å². The highest BCUT2D eigenvalue weighted by Gasteiger charge is 2.32. The second-order valence-electron chi connectivity index (χ2n) is 10.6. The maximum atomic E-state index is 13.9. The van der Waals surface area contributed by atoms with Gasteiger partial charge in [0.15, 0.2) is 0 Å². The molecule has 0 unspecified atom stereocenters. The first-order valence-corrected chi connectivity index (χ1v) is 16.4. The Morgan fingerprint density at radius 3 is 2.15 bits per heavy atom. The van der Waals surface area contributed by atoms with Crippen molar-refractivity contribution in [2.75, 3.05) is 13.6 Å². The van der Waals surface area contributed by atoms with Crippen molar-refractivity contribution in [3.05, 3.63) is 101 Å². The van der Waals surface area contributed by atoms with Crippen LogP contribution in [0.25, 0.3) is 0 Å². The van der Waals surface area contributed by atoms with Gasteiger partial charge in [0.05, 0.1) is 4.90 Å². The molecule has 7 nitrogen and oxygen atoms in total. The fraction of sp³-hybridized carbons (Fsp3) is 0.375. The zero-order valence-electron chi connectivity index (χ0n) is 23.4. The predicted octanol–water partition coefficient (Wildman–Crippen LogP) is 5.55. The Balaban J connectivity index is 1.53. The number of amides is 2. The highest BCUT2D eigenvalue weighted by molar-refractivity contribution is 9.10. The van der Waals surface area contributed by atoms with Gasteiger partial charge in [-0.25, -0.2) is 12.7 Å². The third-order valence-electron chi connectivity index (χ3n) is 7.55. The minimum Gasteiger partial charge on any atom is -0.352 e. The molecule has 0 saturated heterocycles. The van der Waals surface area contributed by atoms with E-state index in [1.807, 2.05) is 54.6 Å². The van der Waals surface area contributed by atoms with Crippen LogP contribution in [0.5, 0.6) is 0 Å². The molecule has 4 rings (SSSR count). The van der Waals surface area contributed by atoms with Crippen molar-refractivity contribution in [3.63, 3.8) is 0 Å². The van der Waals surface area contributed by atoms with E-state index in [-0.39, 0.29) is 42.3 Å². The Hall–Kier alpha value is -3.01. The molecule has 9 heteroatoms. The number of rotatable bonds is 13. The molecule has 218 valence electrons. The second-order valence-corrected chi connectivity index (χ2v) is 13.5. The molecule has 0 radical (unpaired) electrons. The van der Waals surface area contributed by atoms with Crippen LogP contribution in [0.2, 0.25) is 0 Å². The summed E-state index contributed by atoms with van der Waals surface area (Å²) in [6, 6.07) is 25.2. The van der Waals surface area contributed by atoms with Crippen LogP contribution in [0.3, 0.4) is 0 Å². The molecule has 2 amide bonds. The van der Waals surface area contributed by atoms with E-state index in [9.17, 15) is 18.0 Å². The summed E-state index contributed by atoms with van der Waals surface area (Å²) >= 11 is 3.47. The second kappa shape index (κ2) is 14.8. The van der Waals surface area contributed by atoms with Crippen LogP contribution in [0.4, 0.5) is 0 Å². The summed E-state index contributed by atoms with van der Waals surface area (Å²) in [7, 11) is -2.13. The molecule has 1 fully saturated rings. The minimum absolute atomic E-state index is 0.118. The molecule has 0 bridgehead atoms. The number of carbonyl (C=O) groups excluding carboxylic acids is 2. The molecule has 1 atom stereocenters. The van der Waals surface area contributed by atoms with E-state index < -0.39 is 16.1 Å². The van der Waals surface area contributed by atoms with Gasteiger partial charge in [-0.3, -0.25) is 9.59 Å². The van der Waals surface area contributed by atoms with E-state index in [4.69, 9.17) is 0 Å². The van der Waals surface area contributed by atoms with Gasteiger partial charge in [0.1, 0.15) is 6.04 Å². The standard InChI is InChI=1S/C32H38BrN3O4S/c1-35(41(39,40)29-15-6-3-7-16-29)22-10-17-31(37)36(24-26-18-20-27(33)21-19-26)30(23-25-11-4-2-5-12-25)32(38)34-28-13-8-9-14-28/h2-7,11-12,15-16,18-21,28,30H,8-10,13-14,17,22-24H2,1H3,(H,34,38)/t30-/m1/s1. The molecular weight excluding hydrogens is 602 g/mol. The predicted molar refractivity (Wildman–Crippen MR) is 165 cm³/mol. The van der Waals surface area contributed by atoms with Crippen LogP contribution in [-0.2, 0) is 32.6 Å². The molecule has 0 spiro atoms. The monoisotopic (exact) mass is 639 g/mol. The topological polar surface area (TPSA) is 86.8 Å². The summed E-state index contributed by atoms with van der Waals surface area (Å²) in [4.78, 5) is 29.5. The van der Waals surface area contributed by atoms with Crippen molar-refractivity contribution < 1.29 is 18.0 Å². The van der Waals surface area contributed by atoms with Crippen LogP contribution in [-0.4, -0.2) is 55.1 Å². The largest absolute Gasteiger partial charge is 0.352 e. The summed E-state index contributed by atoms with van der Waals surface area (Å²) in [6.07, 6.45) is 4.93. The Morgan fingerprint density at radius 2 is 1.51 bits per heavy atom. The Bertz CT molecular complexity index is 1380. The van der Waals surface area contributed by atoms with Crippen molar-refractivity contribution in [2.45, 2.75) is 68.5 Å². The zero-order valence-corrected chi connectivity index (χ0v) is 25.8. The van der Waals surface area contributed by atoms with Gasteiger partial charge in [-0.1, -0.05) is 89.4 Å². The van der Waals surface area contributed by atoms with E-state index in [0.29, 0.717) is 12.8 Å². The lowest BCUT2D eigenvalue weighted by Gasteiger charge is -2.32. The SMILES string of the molecule is CN(CCCC(=O)N(Cc1ccc(Br)cc1)[C@H](Cc1ccccc1)C(=O)NC1CCCC1)S(=O)(=O)c1ccccc1. The smallest absolute Gasteiger partial charge is 0.243 e. The number of halogens is 1. The van der Waals surface area contributed by atoms with E-state index >= 15 is 0 Å². The number of carbonyl (C=O) groups is 2. The molecule has 3 aromatic rings. The maximum Gasteiger partial charge on any atom is 0.243 e. The molecule has 1 aliphatic rings. The van der Waals surface area contributed by atoms with Crippen molar-refractivity contribution in [3.8, 4) is 0 Å². The molecule has 3 aromatic carbocycles. The van der Waals surface area contributed by atoms with Gasteiger partial charge in [0.2, 0.25) is 21.8 Å². The summed E-state index contributed by atoms with van der Waals surface area (Å²) in [5.41, 5.74) is 1.89. The fourth-order valence-electron chi connectivity index (χ4n) is 5.20. The van der Waals surface area contributed by atoms with E-state index in [1.54, 1.807) is 35.2 Å². The van der Waals surface area contributed by atoms with E-state index in [2.05, 4.69) is 21.2 Å². The van der Waals surface area contributed by atoms with Gasteiger partial charge < -0.3 is 10.2 Å². The van der Waals surface area contributed by atoms with Crippen molar-refractivity contribution in [1.29, 1.82) is 0 Å². The molecule has 1 aliphatic carbocycles. The third-order valence-corrected chi connectivity index (χ3v) is 9.95. The molecule has 0 heterocycles. The summed E-state index contributed by atoms with van der Waals surface area (Å²) in [6.45, 7) is 0.465. The van der Waals surface area contributed by atoms with Gasteiger partial charge in [-0.05, 0) is 54.7 Å². The minimum atomic E-state index is -3.65. The lowest BCUT2D eigenvalue weighted by molar-refractivity contribution is -0.141. The molecule has 0 aromatic heterocycles. The fourth-order valence-corrected chi connectivity index (χ4v) is 6.69. The van der Waals surface area contributed by atoms with E-state index in [1.165, 1.54) is 11.4 Å². The third kappa shape index (κ3) is 8.74. The van der Waals surface area contributed by atoms with Gasteiger partial charge >= 0.3 is 0 Å². The van der Waals surface area contributed by atoms with Gasteiger partial charge in [0.25, 0.3) is 0 Å². The number of benzene rings is 3. The lowest BCUT2D eigenvalue weighted by atomic mass is 10.0. The first kappa shape index (κ1) is 30.9. The van der Waals surface area contributed by atoms with Crippen LogP contribution < -0.4 is 5.32 Å². The summed E-state index contributed by atoms with van der Waals surface area (Å²) in [5, 5.41) is 3.21.